The van der Waals surface area contributed by atoms with Gasteiger partial charge in [0.15, 0.2) is 0 Å². The molecule has 29 heavy (non-hydrogen) atoms. The van der Waals surface area contributed by atoms with E-state index in [-0.39, 0.29) is 35.1 Å². The molecule has 0 radical (unpaired) electrons. The number of ether oxygens (including phenoxy) is 2. The van der Waals surface area contributed by atoms with Crippen molar-refractivity contribution in [3.63, 3.8) is 0 Å². The molecule has 1 saturated heterocycles. The van der Waals surface area contributed by atoms with Gasteiger partial charge in [-0.25, -0.2) is 0 Å². The molecule has 4 rings (SSSR count). The lowest BCUT2D eigenvalue weighted by atomic mass is 10.2. The second-order valence-corrected chi connectivity index (χ2v) is 13.2. The van der Waals surface area contributed by atoms with Crippen molar-refractivity contribution in [2.45, 2.75) is 44.9 Å². The van der Waals surface area contributed by atoms with E-state index in [2.05, 4.69) is 69.3 Å². The molecule has 154 valence electrons. The second kappa shape index (κ2) is 7.71. The van der Waals surface area contributed by atoms with E-state index in [0.29, 0.717) is 13.2 Å². The van der Waals surface area contributed by atoms with Crippen molar-refractivity contribution in [3.8, 4) is 0 Å². The van der Waals surface area contributed by atoms with Crippen LogP contribution in [0, 0.1) is 11.8 Å². The van der Waals surface area contributed by atoms with Gasteiger partial charge >= 0.3 is 5.97 Å². The first-order chi connectivity index (χ1) is 13.9. The summed E-state index contributed by atoms with van der Waals surface area (Å²) in [7, 11) is -2.64. The van der Waals surface area contributed by atoms with Crippen LogP contribution in [0.3, 0.4) is 0 Å². The van der Waals surface area contributed by atoms with Gasteiger partial charge in [-0.2, -0.15) is 0 Å². The van der Waals surface area contributed by atoms with Crippen LogP contribution in [0.4, 0.5) is 0 Å². The quantitative estimate of drug-likeness (QED) is 0.542. The van der Waals surface area contributed by atoms with Crippen LogP contribution >= 0.6 is 0 Å². The molecule has 1 saturated carbocycles. The summed E-state index contributed by atoms with van der Waals surface area (Å²) in [6, 6.07) is 21.2. The zero-order valence-corrected chi connectivity index (χ0v) is 18.6. The van der Waals surface area contributed by atoms with Gasteiger partial charge in [-0.1, -0.05) is 81.4 Å². The van der Waals surface area contributed by atoms with Gasteiger partial charge in [-0.05, 0) is 22.3 Å². The normalized spacial score (nSPS) is 26.1. The highest BCUT2D eigenvalue weighted by Crippen LogP contribution is 2.52. The first kappa shape index (κ1) is 20.3. The van der Waals surface area contributed by atoms with E-state index in [1.54, 1.807) is 0 Å². The first-order valence-corrected chi connectivity index (χ1v) is 12.4. The third-order valence-corrected chi connectivity index (χ3v) is 11.3. The average molecular weight is 411 g/mol. The lowest BCUT2D eigenvalue weighted by molar-refractivity contribution is -0.147. The zero-order valence-electron chi connectivity index (χ0n) is 17.6. The largest absolute Gasteiger partial charge is 0.466 e. The van der Waals surface area contributed by atoms with Crippen molar-refractivity contribution in [1.29, 1.82) is 0 Å². The molecule has 2 fully saturated rings. The Morgan fingerprint density at radius 1 is 1.03 bits per heavy atom. The fraction of sp³-hybridized carbons (Fsp3) is 0.458. The Kier molecular flexibility index (Phi) is 5.40. The molecular formula is C24H30O4Si. The van der Waals surface area contributed by atoms with Gasteiger partial charge in [-0.15, -0.1) is 0 Å². The summed E-state index contributed by atoms with van der Waals surface area (Å²) >= 11 is 0. The van der Waals surface area contributed by atoms with Crippen molar-refractivity contribution in [3.05, 3.63) is 60.7 Å². The van der Waals surface area contributed by atoms with Gasteiger partial charge in [-0.3, -0.25) is 4.79 Å². The third-order valence-electron chi connectivity index (χ3n) is 6.19. The summed E-state index contributed by atoms with van der Waals surface area (Å²) in [5.41, 5.74) is 0. The number of carbonyl (C=O) groups excluding carboxylic acids is 1. The van der Waals surface area contributed by atoms with Crippen LogP contribution < -0.4 is 10.4 Å². The van der Waals surface area contributed by atoms with Crippen LogP contribution in [0.5, 0.6) is 0 Å². The molecular weight excluding hydrogens is 380 g/mol. The monoisotopic (exact) mass is 410 g/mol. The number of carbonyl (C=O) groups is 1. The molecule has 2 aliphatic rings. The van der Waals surface area contributed by atoms with Gasteiger partial charge in [0.2, 0.25) is 0 Å². The lowest BCUT2D eigenvalue weighted by Gasteiger charge is -2.44. The van der Waals surface area contributed by atoms with Gasteiger partial charge in [0, 0.05) is 5.92 Å². The Morgan fingerprint density at radius 3 is 2.07 bits per heavy atom. The number of hydrogen-bond acceptors (Lipinski definition) is 4. The summed E-state index contributed by atoms with van der Waals surface area (Å²) in [6.45, 7) is 9.57. The molecule has 0 spiro atoms. The zero-order chi connectivity index (χ0) is 20.6. The molecule has 0 amide bonds. The van der Waals surface area contributed by atoms with Crippen molar-refractivity contribution in [1.82, 2.24) is 0 Å². The highest BCUT2D eigenvalue weighted by atomic mass is 28.4. The summed E-state index contributed by atoms with van der Waals surface area (Å²) in [5.74, 6) is -0.249. The third kappa shape index (κ3) is 3.45. The van der Waals surface area contributed by atoms with Crippen molar-refractivity contribution in [2.75, 3.05) is 13.2 Å². The topological polar surface area (TPSA) is 44.8 Å². The number of esters is 1. The van der Waals surface area contributed by atoms with Gasteiger partial charge in [0.05, 0.1) is 31.3 Å². The predicted octanol–water partition coefficient (Wildman–Crippen LogP) is 3.14. The molecule has 0 N–H and O–H groups in total. The molecule has 0 bridgehead atoms. The molecule has 2 aromatic rings. The van der Waals surface area contributed by atoms with Crippen molar-refractivity contribution in [2.24, 2.45) is 11.8 Å². The Morgan fingerprint density at radius 2 is 1.59 bits per heavy atom. The summed E-state index contributed by atoms with van der Waals surface area (Å²) in [5, 5.41) is 2.40. The summed E-state index contributed by atoms with van der Waals surface area (Å²) in [4.78, 5) is 12.3. The minimum Gasteiger partial charge on any atom is -0.466 e. The SMILES string of the molecule is CCOC(=O)C1[C@@H]2[C@@H](O[Si](c3ccccc3)(c3ccccc3)C(C)(C)C)CO[C@H]12. The van der Waals surface area contributed by atoms with Crippen LogP contribution in [-0.4, -0.2) is 39.7 Å². The fourth-order valence-corrected chi connectivity index (χ4v) is 9.53. The van der Waals surface area contributed by atoms with E-state index >= 15 is 0 Å². The van der Waals surface area contributed by atoms with Gasteiger partial charge < -0.3 is 13.9 Å². The highest BCUT2D eigenvalue weighted by molar-refractivity contribution is 6.99. The van der Waals surface area contributed by atoms with E-state index < -0.39 is 8.32 Å². The molecule has 4 nitrogen and oxygen atoms in total. The average Bonchev–Trinajstić information content (AvgIpc) is 3.30. The van der Waals surface area contributed by atoms with E-state index in [1.165, 1.54) is 10.4 Å². The van der Waals surface area contributed by atoms with Crippen LogP contribution in [-0.2, 0) is 18.7 Å². The lowest BCUT2D eigenvalue weighted by Crippen LogP contribution is -2.68. The van der Waals surface area contributed by atoms with E-state index in [1.807, 2.05) is 19.1 Å². The second-order valence-electron chi connectivity index (χ2n) is 8.97. The first-order valence-electron chi connectivity index (χ1n) is 10.5. The minimum absolute atomic E-state index is 0.0581. The van der Waals surface area contributed by atoms with Crippen LogP contribution in [0.25, 0.3) is 0 Å². The number of benzene rings is 2. The Hall–Kier alpha value is -1.95. The van der Waals surface area contributed by atoms with Gasteiger partial charge in [0.1, 0.15) is 0 Å². The molecule has 1 aliphatic carbocycles. The maximum Gasteiger partial charge on any atom is 0.312 e. The smallest absolute Gasteiger partial charge is 0.312 e. The fourth-order valence-electron chi connectivity index (χ4n) is 4.84. The maximum atomic E-state index is 12.3. The Balaban J connectivity index is 1.73. The Bertz CT molecular complexity index is 807. The number of rotatable bonds is 6. The molecule has 4 atom stereocenters. The number of fused-ring (bicyclic) bond motifs is 1. The molecule has 5 heteroatoms. The highest BCUT2D eigenvalue weighted by Gasteiger charge is 2.67. The van der Waals surface area contributed by atoms with E-state index in [9.17, 15) is 4.79 Å². The maximum absolute atomic E-state index is 12.3. The molecule has 1 heterocycles. The standard InChI is InChI=1S/C24H30O4Si/c1-5-26-23(25)21-20-19(16-27-22(20)21)28-29(24(2,3)4,17-12-8-6-9-13-17)18-14-10-7-11-15-18/h6-15,19-22H,5,16H2,1-4H3/t19-,20-,21?,22-/m0/s1. The van der Waals surface area contributed by atoms with Gasteiger partial charge in [0.25, 0.3) is 8.32 Å². The van der Waals surface area contributed by atoms with E-state index in [4.69, 9.17) is 13.9 Å². The summed E-state index contributed by atoms with van der Waals surface area (Å²) < 4.78 is 18.4. The van der Waals surface area contributed by atoms with Crippen LogP contribution in [0.15, 0.2) is 60.7 Å². The van der Waals surface area contributed by atoms with Crippen LogP contribution in [0.2, 0.25) is 5.04 Å². The minimum atomic E-state index is -2.64. The van der Waals surface area contributed by atoms with Crippen LogP contribution in [0.1, 0.15) is 27.7 Å². The predicted molar refractivity (Wildman–Crippen MR) is 116 cm³/mol. The van der Waals surface area contributed by atoms with Crippen molar-refractivity contribution >= 4 is 24.7 Å². The van der Waals surface area contributed by atoms with E-state index in [0.717, 1.165) is 0 Å². The molecule has 2 aromatic carbocycles. The molecule has 0 aromatic heterocycles. The molecule has 1 unspecified atom stereocenters. The Labute approximate surface area is 174 Å². The number of hydrogen-bond donors (Lipinski definition) is 0. The summed E-state index contributed by atoms with van der Waals surface area (Å²) in [6.07, 6.45) is -0.155. The molecule has 1 aliphatic heterocycles. The van der Waals surface area contributed by atoms with Crippen molar-refractivity contribution < 1.29 is 18.7 Å².